The fourth-order valence-electron chi connectivity index (χ4n) is 4.13. The lowest BCUT2D eigenvalue weighted by Crippen LogP contribution is -2.49. The smallest absolute Gasteiger partial charge is 0.412 e. The monoisotopic (exact) mass is 466 g/mol. The molecule has 176 valence electrons. The topological polar surface area (TPSA) is 140 Å². The molecule has 0 atom stereocenters. The molecule has 11 nitrogen and oxygen atoms in total. The van der Waals surface area contributed by atoms with Gasteiger partial charge >= 0.3 is 6.09 Å². The van der Waals surface area contributed by atoms with Crippen LogP contribution in [0.15, 0.2) is 54.6 Å². The van der Waals surface area contributed by atoms with E-state index >= 15 is 0 Å². The Morgan fingerprint density at radius 3 is 2.65 bits per heavy atom. The van der Waals surface area contributed by atoms with E-state index in [-0.39, 0.29) is 11.4 Å². The first-order valence-corrected chi connectivity index (χ1v) is 10.5. The number of nitro benzene ring substituents is 1. The van der Waals surface area contributed by atoms with Gasteiger partial charge in [0.25, 0.3) is 5.69 Å². The van der Waals surface area contributed by atoms with Crippen LogP contribution in [0.1, 0.15) is 18.4 Å². The second-order valence-electron chi connectivity index (χ2n) is 7.84. The van der Waals surface area contributed by atoms with E-state index in [0.717, 1.165) is 17.7 Å². The summed E-state index contributed by atoms with van der Waals surface area (Å²) in [5.41, 5.74) is 0.346. The van der Waals surface area contributed by atoms with Gasteiger partial charge < -0.3 is 19.7 Å². The van der Waals surface area contributed by atoms with Gasteiger partial charge in [0.15, 0.2) is 0 Å². The summed E-state index contributed by atoms with van der Waals surface area (Å²) in [5, 5.41) is 16.2. The molecule has 0 unspecified atom stereocenters. The van der Waals surface area contributed by atoms with E-state index in [9.17, 15) is 24.5 Å². The highest BCUT2D eigenvalue weighted by Crippen LogP contribution is 2.44. The number of methoxy groups -OCH3 is 1. The third kappa shape index (κ3) is 4.53. The number of hydrogen-bond acceptors (Lipinski definition) is 7. The largest absolute Gasteiger partial charge is 0.497 e. The number of amides is 3. The Labute approximate surface area is 194 Å². The van der Waals surface area contributed by atoms with Crippen LogP contribution in [0.4, 0.5) is 21.9 Å². The van der Waals surface area contributed by atoms with Crippen LogP contribution in [0, 0.1) is 10.1 Å². The lowest BCUT2D eigenvalue weighted by atomic mass is 9.82. The van der Waals surface area contributed by atoms with Crippen molar-refractivity contribution in [2.75, 3.05) is 30.8 Å². The van der Waals surface area contributed by atoms with Crippen molar-refractivity contribution in [3.05, 3.63) is 70.3 Å². The SMILES string of the molecule is COc1ccc2c(c1)C1(CCN(C(=O)/C=C/C(=O)Nc3ccccc3[N+](=O)[O-])CC1)OC(=O)N2. The quantitative estimate of drug-likeness (QED) is 0.392. The fourth-order valence-corrected chi connectivity index (χ4v) is 4.13. The molecular weight excluding hydrogens is 444 g/mol. The number of likely N-dealkylation sites (tertiary alicyclic amines) is 1. The number of ether oxygens (including phenoxy) is 2. The summed E-state index contributed by atoms with van der Waals surface area (Å²) < 4.78 is 11.0. The number of anilines is 2. The van der Waals surface area contributed by atoms with E-state index in [0.29, 0.717) is 37.4 Å². The second kappa shape index (κ2) is 9.22. The molecule has 2 N–H and O–H groups in total. The van der Waals surface area contributed by atoms with Crippen molar-refractivity contribution in [3.8, 4) is 5.75 Å². The molecule has 2 aliphatic heterocycles. The molecule has 1 spiro atoms. The van der Waals surface area contributed by atoms with Crippen LogP contribution in [-0.4, -0.2) is 47.9 Å². The van der Waals surface area contributed by atoms with Gasteiger partial charge in [-0.25, -0.2) is 4.79 Å². The zero-order valence-electron chi connectivity index (χ0n) is 18.3. The Morgan fingerprint density at radius 1 is 1.21 bits per heavy atom. The van der Waals surface area contributed by atoms with Crippen LogP contribution in [0.25, 0.3) is 0 Å². The highest BCUT2D eigenvalue weighted by atomic mass is 16.6. The number of nitrogens with one attached hydrogen (secondary N) is 2. The Morgan fingerprint density at radius 2 is 1.94 bits per heavy atom. The third-order valence-corrected chi connectivity index (χ3v) is 5.86. The minimum absolute atomic E-state index is 0.0383. The summed E-state index contributed by atoms with van der Waals surface area (Å²) >= 11 is 0. The first kappa shape index (κ1) is 22.8. The Kier molecular flexibility index (Phi) is 6.17. The minimum atomic E-state index is -0.879. The van der Waals surface area contributed by atoms with Gasteiger partial charge in [-0.2, -0.15) is 0 Å². The fraction of sp³-hybridized carbons (Fsp3) is 0.261. The van der Waals surface area contributed by atoms with E-state index in [2.05, 4.69) is 10.6 Å². The molecule has 11 heteroatoms. The highest BCUT2D eigenvalue weighted by molar-refractivity contribution is 6.04. The van der Waals surface area contributed by atoms with Gasteiger partial charge in [0, 0.05) is 49.7 Å². The molecule has 1 saturated heterocycles. The first-order valence-electron chi connectivity index (χ1n) is 10.5. The minimum Gasteiger partial charge on any atom is -0.497 e. The van der Waals surface area contributed by atoms with Gasteiger partial charge in [-0.1, -0.05) is 12.1 Å². The predicted molar refractivity (Wildman–Crippen MR) is 121 cm³/mol. The molecular formula is C23H22N4O7. The highest BCUT2D eigenvalue weighted by Gasteiger charge is 2.45. The zero-order chi connectivity index (χ0) is 24.3. The number of carbonyl (C=O) groups is 3. The maximum Gasteiger partial charge on any atom is 0.412 e. The van der Waals surface area contributed by atoms with Crippen molar-refractivity contribution >= 4 is 35.0 Å². The molecule has 2 aliphatic rings. The number of benzene rings is 2. The van der Waals surface area contributed by atoms with E-state index in [4.69, 9.17) is 9.47 Å². The van der Waals surface area contributed by atoms with Gasteiger partial charge in [0.05, 0.1) is 17.7 Å². The van der Waals surface area contributed by atoms with Crippen molar-refractivity contribution in [3.63, 3.8) is 0 Å². The summed E-state index contributed by atoms with van der Waals surface area (Å²) in [6.45, 7) is 0.609. The van der Waals surface area contributed by atoms with Crippen LogP contribution in [0.2, 0.25) is 0 Å². The molecule has 0 saturated carbocycles. The Balaban J connectivity index is 1.41. The molecule has 0 bridgehead atoms. The Bertz CT molecular complexity index is 1190. The molecule has 4 rings (SSSR count). The van der Waals surface area contributed by atoms with E-state index in [1.165, 1.54) is 18.2 Å². The third-order valence-electron chi connectivity index (χ3n) is 5.86. The number of nitrogens with zero attached hydrogens (tertiary/aromatic N) is 2. The van der Waals surface area contributed by atoms with Gasteiger partial charge in [-0.05, 0) is 24.3 Å². The molecule has 2 aromatic carbocycles. The van der Waals surface area contributed by atoms with Gasteiger partial charge in [0.2, 0.25) is 11.8 Å². The molecule has 3 amide bonds. The predicted octanol–water partition coefficient (Wildman–Crippen LogP) is 3.18. The normalized spacial score (nSPS) is 16.4. The van der Waals surface area contributed by atoms with E-state index < -0.39 is 28.4 Å². The lowest BCUT2D eigenvalue weighted by Gasteiger charge is -2.44. The average Bonchev–Trinajstić information content (AvgIpc) is 2.83. The molecule has 34 heavy (non-hydrogen) atoms. The number of nitro groups is 1. The number of para-hydroxylation sites is 2. The lowest BCUT2D eigenvalue weighted by molar-refractivity contribution is -0.383. The number of piperidine rings is 1. The van der Waals surface area contributed by atoms with Crippen LogP contribution in [0.3, 0.4) is 0 Å². The zero-order valence-corrected chi connectivity index (χ0v) is 18.3. The van der Waals surface area contributed by atoms with Gasteiger partial charge in [-0.15, -0.1) is 0 Å². The summed E-state index contributed by atoms with van der Waals surface area (Å²) in [6.07, 6.45) is 2.36. The molecule has 1 fully saturated rings. The molecule has 2 heterocycles. The van der Waals surface area contributed by atoms with Gasteiger partial charge in [-0.3, -0.25) is 25.0 Å². The number of carbonyl (C=O) groups excluding carboxylic acids is 3. The van der Waals surface area contributed by atoms with Crippen molar-refractivity contribution in [1.29, 1.82) is 0 Å². The summed E-state index contributed by atoms with van der Waals surface area (Å²) in [5.74, 6) is -0.424. The van der Waals surface area contributed by atoms with Crippen LogP contribution < -0.4 is 15.4 Å². The van der Waals surface area contributed by atoms with Crippen molar-refractivity contribution < 1.29 is 28.8 Å². The van der Waals surface area contributed by atoms with Crippen LogP contribution >= 0.6 is 0 Å². The number of hydrogen-bond donors (Lipinski definition) is 2. The number of fused-ring (bicyclic) bond motifs is 2. The molecule has 0 aromatic heterocycles. The summed E-state index contributed by atoms with van der Waals surface area (Å²) in [7, 11) is 1.55. The summed E-state index contributed by atoms with van der Waals surface area (Å²) in [6, 6.07) is 11.0. The van der Waals surface area contributed by atoms with Crippen molar-refractivity contribution in [2.24, 2.45) is 0 Å². The summed E-state index contributed by atoms with van der Waals surface area (Å²) in [4.78, 5) is 48.9. The first-order chi connectivity index (χ1) is 16.3. The van der Waals surface area contributed by atoms with Crippen molar-refractivity contribution in [2.45, 2.75) is 18.4 Å². The van der Waals surface area contributed by atoms with Crippen molar-refractivity contribution in [1.82, 2.24) is 4.90 Å². The van der Waals surface area contributed by atoms with Gasteiger partial charge in [0.1, 0.15) is 17.0 Å². The van der Waals surface area contributed by atoms with Crippen LogP contribution in [0.5, 0.6) is 5.75 Å². The molecule has 0 aliphatic carbocycles. The number of rotatable bonds is 5. The maximum atomic E-state index is 12.6. The second-order valence-corrected chi connectivity index (χ2v) is 7.84. The Hall–Kier alpha value is -4.41. The molecule has 0 radical (unpaired) electrons. The van der Waals surface area contributed by atoms with Crippen LogP contribution in [-0.2, 0) is 19.9 Å². The molecule has 2 aromatic rings. The standard InChI is InChI=1S/C23H22N4O7/c1-33-15-6-7-17-16(14-15)23(34-22(30)25-17)10-12-26(13-11-23)21(29)9-8-20(28)24-18-4-2-3-5-19(18)27(31)32/h2-9,14H,10-13H2,1H3,(H,24,28)(H,25,30)/b9-8+. The maximum absolute atomic E-state index is 12.6. The average molecular weight is 466 g/mol. The van der Waals surface area contributed by atoms with E-state index in [1.807, 2.05) is 6.07 Å². The van der Waals surface area contributed by atoms with E-state index in [1.54, 1.807) is 30.2 Å².